The smallest absolute Gasteiger partial charge is 0.341 e. The first-order chi connectivity index (χ1) is 14.1. The van der Waals surface area contributed by atoms with Crippen LogP contribution in [-0.2, 0) is 16.7 Å². The van der Waals surface area contributed by atoms with Crippen LogP contribution in [0.1, 0.15) is 65.8 Å². The molecule has 0 fully saturated rings. The highest BCUT2D eigenvalue weighted by Crippen LogP contribution is 2.45. The van der Waals surface area contributed by atoms with Crippen molar-refractivity contribution in [2.75, 3.05) is 11.9 Å². The van der Waals surface area contributed by atoms with Gasteiger partial charge in [0.25, 0.3) is 5.91 Å². The molecule has 3 heterocycles. The zero-order valence-electron chi connectivity index (χ0n) is 17.7. The minimum absolute atomic E-state index is 0.183. The van der Waals surface area contributed by atoms with Gasteiger partial charge in [-0.1, -0.05) is 0 Å². The maximum atomic E-state index is 13.0. The van der Waals surface area contributed by atoms with E-state index in [0.717, 1.165) is 20.7 Å². The molecule has 0 saturated carbocycles. The van der Waals surface area contributed by atoms with Crippen molar-refractivity contribution in [3.63, 3.8) is 0 Å². The fraction of sp³-hybridized carbons (Fsp3) is 0.409. The van der Waals surface area contributed by atoms with Crippen LogP contribution in [0.25, 0.3) is 10.2 Å². The number of hydrogen-bond acceptors (Lipinski definition) is 7. The lowest BCUT2D eigenvalue weighted by atomic mass is 9.81. The van der Waals surface area contributed by atoms with E-state index < -0.39 is 5.97 Å². The summed E-state index contributed by atoms with van der Waals surface area (Å²) in [6.45, 7) is 10.5. The van der Waals surface area contributed by atoms with Gasteiger partial charge < -0.3 is 15.4 Å². The van der Waals surface area contributed by atoms with Crippen LogP contribution in [0.4, 0.5) is 5.00 Å². The van der Waals surface area contributed by atoms with Gasteiger partial charge in [0.15, 0.2) is 0 Å². The molecule has 1 aromatic carbocycles. The van der Waals surface area contributed by atoms with Crippen LogP contribution in [0.2, 0.25) is 0 Å². The van der Waals surface area contributed by atoms with Gasteiger partial charge in [0.2, 0.25) is 0 Å². The van der Waals surface area contributed by atoms with Gasteiger partial charge in [0.1, 0.15) is 5.00 Å². The molecule has 0 atom stereocenters. The van der Waals surface area contributed by atoms with E-state index in [1.54, 1.807) is 18.5 Å². The summed E-state index contributed by atoms with van der Waals surface area (Å²) in [7, 11) is 0. The molecule has 1 amide bonds. The van der Waals surface area contributed by atoms with Crippen molar-refractivity contribution in [3.05, 3.63) is 45.3 Å². The van der Waals surface area contributed by atoms with E-state index in [9.17, 15) is 9.59 Å². The Kier molecular flexibility index (Phi) is 5.20. The topological polar surface area (TPSA) is 80.3 Å². The van der Waals surface area contributed by atoms with Gasteiger partial charge >= 0.3 is 5.97 Å². The molecule has 8 heteroatoms. The summed E-state index contributed by atoms with van der Waals surface area (Å²) < 4.78 is 6.30. The number of hydrogen-bond donors (Lipinski definition) is 2. The van der Waals surface area contributed by atoms with E-state index in [2.05, 4.69) is 43.3 Å². The van der Waals surface area contributed by atoms with E-state index in [1.165, 1.54) is 22.7 Å². The van der Waals surface area contributed by atoms with Gasteiger partial charge in [-0.05, 0) is 64.8 Å². The number of fused-ring (bicyclic) bond motifs is 2. The van der Waals surface area contributed by atoms with Gasteiger partial charge in [0.05, 0.1) is 27.9 Å². The Bertz CT molecular complexity index is 1140. The average molecular weight is 444 g/mol. The summed E-state index contributed by atoms with van der Waals surface area (Å²) >= 11 is 2.94. The molecule has 0 bridgehead atoms. The van der Waals surface area contributed by atoms with Crippen LogP contribution >= 0.6 is 22.7 Å². The minimum Gasteiger partial charge on any atom is -0.462 e. The Labute approximate surface area is 183 Å². The Morgan fingerprint density at radius 3 is 2.77 bits per heavy atom. The van der Waals surface area contributed by atoms with Crippen molar-refractivity contribution >= 4 is 49.8 Å². The second kappa shape index (κ2) is 7.44. The molecular weight excluding hydrogens is 418 g/mol. The molecule has 2 aromatic heterocycles. The number of nitrogens with one attached hydrogen (secondary N) is 2. The number of benzene rings is 1. The molecule has 0 spiro atoms. The van der Waals surface area contributed by atoms with Crippen LogP contribution in [-0.4, -0.2) is 29.0 Å². The maximum Gasteiger partial charge on any atom is 0.341 e. The predicted molar refractivity (Wildman–Crippen MR) is 122 cm³/mol. The number of carbonyl (C=O) groups excluding carboxylic acids is 2. The number of amides is 1. The first-order valence-corrected chi connectivity index (χ1v) is 11.6. The Balaban J connectivity index is 1.76. The molecule has 3 aromatic rings. The van der Waals surface area contributed by atoms with Crippen molar-refractivity contribution in [2.45, 2.75) is 52.1 Å². The summed E-state index contributed by atoms with van der Waals surface area (Å²) in [5, 5.41) is 7.16. The molecule has 158 valence electrons. The van der Waals surface area contributed by atoms with Gasteiger partial charge in [0, 0.05) is 21.5 Å². The van der Waals surface area contributed by atoms with Crippen LogP contribution in [0.5, 0.6) is 0 Å². The molecule has 0 radical (unpaired) electrons. The molecule has 2 N–H and O–H groups in total. The molecule has 1 aliphatic heterocycles. The van der Waals surface area contributed by atoms with Gasteiger partial charge in [-0.15, -0.1) is 22.7 Å². The van der Waals surface area contributed by atoms with E-state index in [1.807, 2.05) is 12.1 Å². The number of carbonyl (C=O) groups is 2. The number of anilines is 1. The zero-order chi connectivity index (χ0) is 21.7. The third-order valence-electron chi connectivity index (χ3n) is 5.14. The first-order valence-electron chi connectivity index (χ1n) is 9.88. The Morgan fingerprint density at radius 2 is 2.03 bits per heavy atom. The molecule has 0 aliphatic carbocycles. The third kappa shape index (κ3) is 3.75. The van der Waals surface area contributed by atoms with Crippen molar-refractivity contribution in [1.29, 1.82) is 0 Å². The maximum absolute atomic E-state index is 13.0. The van der Waals surface area contributed by atoms with E-state index >= 15 is 0 Å². The van der Waals surface area contributed by atoms with E-state index in [4.69, 9.17) is 4.74 Å². The lowest BCUT2D eigenvalue weighted by Gasteiger charge is -2.42. The number of nitrogens with zero attached hydrogens (tertiary/aromatic N) is 1. The first kappa shape index (κ1) is 21.0. The van der Waals surface area contributed by atoms with Crippen molar-refractivity contribution < 1.29 is 14.3 Å². The Hall–Kier alpha value is -2.29. The van der Waals surface area contributed by atoms with Gasteiger partial charge in [-0.2, -0.15) is 0 Å². The SMILES string of the molecule is CCOC(=O)c1c(NC(=O)c2ccc3ncsc3c2)sc2c1CC(C)(C)NC2(C)C. The fourth-order valence-electron chi connectivity index (χ4n) is 4.21. The molecule has 0 unspecified atom stereocenters. The van der Waals surface area contributed by atoms with Crippen LogP contribution in [0, 0.1) is 0 Å². The molecule has 6 nitrogen and oxygen atoms in total. The molecule has 1 aliphatic rings. The number of aromatic nitrogens is 1. The third-order valence-corrected chi connectivity index (χ3v) is 7.41. The van der Waals surface area contributed by atoms with E-state index in [-0.39, 0.29) is 23.6 Å². The number of rotatable bonds is 4. The Morgan fingerprint density at radius 1 is 1.27 bits per heavy atom. The van der Waals surface area contributed by atoms with Crippen LogP contribution < -0.4 is 10.6 Å². The van der Waals surface area contributed by atoms with Crippen molar-refractivity contribution in [3.8, 4) is 0 Å². The standard InChI is InChI=1S/C22H25N3O3S2/c1-6-28-20(27)16-13-10-21(2,3)25-22(4,5)17(13)30-19(16)24-18(26)12-7-8-14-15(9-12)29-11-23-14/h7-9,11,25H,6,10H2,1-5H3,(H,24,26). The second-order valence-corrected chi connectivity index (χ2v) is 10.5. The average Bonchev–Trinajstić information content (AvgIpc) is 3.24. The largest absolute Gasteiger partial charge is 0.462 e. The van der Waals surface area contributed by atoms with E-state index in [0.29, 0.717) is 22.5 Å². The second-order valence-electron chi connectivity index (χ2n) is 8.63. The highest BCUT2D eigenvalue weighted by molar-refractivity contribution is 7.17. The number of ether oxygens (including phenoxy) is 1. The predicted octanol–water partition coefficient (Wildman–Crippen LogP) is 4.95. The minimum atomic E-state index is -0.392. The number of esters is 1. The molecule has 0 saturated heterocycles. The number of thiazole rings is 1. The summed E-state index contributed by atoms with van der Waals surface area (Å²) in [6, 6.07) is 5.42. The highest BCUT2D eigenvalue weighted by Gasteiger charge is 2.42. The van der Waals surface area contributed by atoms with Crippen molar-refractivity contribution in [1.82, 2.24) is 10.3 Å². The van der Waals surface area contributed by atoms with Gasteiger partial charge in [-0.3, -0.25) is 4.79 Å². The lowest BCUT2D eigenvalue weighted by molar-refractivity contribution is 0.0526. The van der Waals surface area contributed by atoms with Crippen LogP contribution in [0.15, 0.2) is 23.7 Å². The molecule has 30 heavy (non-hydrogen) atoms. The normalized spacial score (nSPS) is 16.8. The lowest BCUT2D eigenvalue weighted by Crippen LogP contribution is -2.55. The molecule has 4 rings (SSSR count). The zero-order valence-corrected chi connectivity index (χ0v) is 19.3. The quantitative estimate of drug-likeness (QED) is 0.558. The molecular formula is C22H25N3O3S2. The fourth-order valence-corrected chi connectivity index (χ4v) is 6.18. The van der Waals surface area contributed by atoms with Crippen molar-refractivity contribution in [2.24, 2.45) is 0 Å². The summed E-state index contributed by atoms with van der Waals surface area (Å²) in [6.07, 6.45) is 0.680. The van der Waals surface area contributed by atoms with Gasteiger partial charge in [-0.25, -0.2) is 9.78 Å². The monoisotopic (exact) mass is 443 g/mol. The summed E-state index contributed by atoms with van der Waals surface area (Å²) in [4.78, 5) is 31.2. The van der Waals surface area contributed by atoms with Crippen LogP contribution in [0.3, 0.4) is 0 Å². The summed E-state index contributed by atoms with van der Waals surface area (Å²) in [5.41, 5.74) is 4.09. The highest BCUT2D eigenvalue weighted by atomic mass is 32.1. The summed E-state index contributed by atoms with van der Waals surface area (Å²) in [5.74, 6) is -0.642. The number of thiophene rings is 1.